The van der Waals surface area contributed by atoms with Gasteiger partial charge in [0.2, 0.25) is 0 Å². The highest BCUT2D eigenvalue weighted by atomic mass is 32.1. The van der Waals surface area contributed by atoms with Gasteiger partial charge in [-0.2, -0.15) is 5.26 Å². The van der Waals surface area contributed by atoms with Gasteiger partial charge in [0.1, 0.15) is 5.75 Å². The third-order valence-corrected chi connectivity index (χ3v) is 4.79. The van der Waals surface area contributed by atoms with Crippen LogP contribution in [0.15, 0.2) is 41.8 Å². The Bertz CT molecular complexity index is 994. The van der Waals surface area contributed by atoms with E-state index in [0.29, 0.717) is 16.4 Å². The van der Waals surface area contributed by atoms with Gasteiger partial charge < -0.3 is 4.74 Å². The van der Waals surface area contributed by atoms with Crippen LogP contribution in [0.3, 0.4) is 0 Å². The predicted octanol–water partition coefficient (Wildman–Crippen LogP) is 4.62. The maximum Gasteiger partial charge on any atom is 0.264 e. The second kappa shape index (κ2) is 8.02. The van der Waals surface area contributed by atoms with E-state index in [1.165, 1.54) is 28.0 Å². The van der Waals surface area contributed by atoms with Crippen molar-refractivity contribution < 1.29 is 9.53 Å². The fourth-order valence-corrected chi connectivity index (χ4v) is 3.68. The molecular weight excluding hydrogens is 358 g/mol. The second-order valence-corrected chi connectivity index (χ2v) is 7.14. The molecule has 0 radical (unpaired) electrons. The number of aryl methyl sites for hydroxylation is 3. The van der Waals surface area contributed by atoms with Gasteiger partial charge in [0.15, 0.2) is 11.7 Å². The van der Waals surface area contributed by atoms with E-state index < -0.39 is 0 Å². The number of thiazole rings is 1. The number of anilines is 1. The first kappa shape index (κ1) is 18.6. The molecule has 0 saturated carbocycles. The van der Waals surface area contributed by atoms with Crippen LogP contribution in [0.25, 0.3) is 11.3 Å². The fraction of sp³-hybridized carbons (Fsp3) is 0.190. The molecule has 0 fully saturated rings. The zero-order chi connectivity index (χ0) is 19.4. The average Bonchev–Trinajstić information content (AvgIpc) is 3.07. The molecule has 1 heterocycles. The molecule has 6 heteroatoms. The number of carbonyl (C=O) groups is 1. The van der Waals surface area contributed by atoms with Crippen molar-refractivity contribution in [1.29, 1.82) is 5.26 Å². The number of rotatable bonds is 5. The molecule has 3 rings (SSSR count). The van der Waals surface area contributed by atoms with Crippen LogP contribution in [0.1, 0.15) is 22.3 Å². The predicted molar refractivity (Wildman–Crippen MR) is 107 cm³/mol. The molecule has 2 aromatic carbocycles. The fourth-order valence-electron chi connectivity index (χ4n) is 2.96. The van der Waals surface area contributed by atoms with Crippen molar-refractivity contribution in [2.24, 2.45) is 0 Å². The molecular formula is C21H19N3O2S. The molecule has 0 bridgehead atoms. The van der Waals surface area contributed by atoms with Gasteiger partial charge in [-0.05, 0) is 56.2 Å². The summed E-state index contributed by atoms with van der Waals surface area (Å²) in [4.78, 5) is 16.7. The van der Waals surface area contributed by atoms with Crippen LogP contribution < -0.4 is 10.1 Å². The van der Waals surface area contributed by atoms with Crippen molar-refractivity contribution in [3.8, 4) is 23.1 Å². The Labute approximate surface area is 162 Å². The molecule has 1 N–H and O–H groups in total. The highest BCUT2D eigenvalue weighted by Crippen LogP contribution is 2.31. The van der Waals surface area contributed by atoms with Crippen molar-refractivity contribution in [3.63, 3.8) is 0 Å². The lowest BCUT2D eigenvalue weighted by atomic mass is 9.98. The van der Waals surface area contributed by atoms with Crippen molar-refractivity contribution >= 4 is 22.4 Å². The van der Waals surface area contributed by atoms with E-state index in [2.05, 4.69) is 43.2 Å². The third kappa shape index (κ3) is 4.52. The quantitative estimate of drug-likeness (QED) is 0.704. The smallest absolute Gasteiger partial charge is 0.264 e. The first-order chi connectivity index (χ1) is 13.0. The standard InChI is InChI=1S/C21H19N3O2S/c1-13-8-14(2)20(15(3)9-13)18-12-27-21(23-18)24-19(25)11-26-17-6-4-16(10-22)5-7-17/h4-9,12H,11H2,1-3H3,(H,23,24,25). The number of nitriles is 1. The van der Waals surface area contributed by atoms with E-state index in [9.17, 15) is 4.79 Å². The molecule has 0 atom stereocenters. The minimum absolute atomic E-state index is 0.122. The van der Waals surface area contributed by atoms with Gasteiger partial charge in [0.25, 0.3) is 5.91 Å². The molecule has 0 spiro atoms. The van der Waals surface area contributed by atoms with E-state index in [4.69, 9.17) is 10.00 Å². The Morgan fingerprint density at radius 1 is 1.19 bits per heavy atom. The van der Waals surface area contributed by atoms with Crippen LogP contribution in [0, 0.1) is 32.1 Å². The lowest BCUT2D eigenvalue weighted by Crippen LogP contribution is -2.20. The normalized spacial score (nSPS) is 10.3. The Morgan fingerprint density at radius 2 is 1.85 bits per heavy atom. The summed E-state index contributed by atoms with van der Waals surface area (Å²) in [6.07, 6.45) is 0. The summed E-state index contributed by atoms with van der Waals surface area (Å²) in [5, 5.41) is 14.0. The van der Waals surface area contributed by atoms with Gasteiger partial charge in [-0.15, -0.1) is 11.3 Å². The summed E-state index contributed by atoms with van der Waals surface area (Å²) in [6.45, 7) is 6.09. The number of nitrogens with one attached hydrogen (secondary N) is 1. The Balaban J connectivity index is 1.63. The SMILES string of the molecule is Cc1cc(C)c(-c2csc(NC(=O)COc3ccc(C#N)cc3)n2)c(C)c1. The number of benzene rings is 2. The minimum Gasteiger partial charge on any atom is -0.484 e. The number of carbonyl (C=O) groups excluding carboxylic acids is 1. The topological polar surface area (TPSA) is 75.0 Å². The second-order valence-electron chi connectivity index (χ2n) is 6.28. The van der Waals surface area contributed by atoms with Crippen molar-refractivity contribution in [2.75, 3.05) is 11.9 Å². The molecule has 27 heavy (non-hydrogen) atoms. The monoisotopic (exact) mass is 377 g/mol. The summed E-state index contributed by atoms with van der Waals surface area (Å²) in [5.41, 5.74) is 6.06. The molecule has 0 aliphatic carbocycles. The van der Waals surface area contributed by atoms with Gasteiger partial charge in [0, 0.05) is 10.9 Å². The number of nitrogens with zero attached hydrogens (tertiary/aromatic N) is 2. The summed E-state index contributed by atoms with van der Waals surface area (Å²) in [5.74, 6) is 0.257. The maximum absolute atomic E-state index is 12.1. The molecule has 0 aliphatic rings. The van der Waals surface area contributed by atoms with E-state index in [0.717, 1.165) is 11.3 Å². The lowest BCUT2D eigenvalue weighted by Gasteiger charge is -2.09. The van der Waals surface area contributed by atoms with Gasteiger partial charge in [-0.3, -0.25) is 10.1 Å². The largest absolute Gasteiger partial charge is 0.484 e. The maximum atomic E-state index is 12.1. The van der Waals surface area contributed by atoms with Crippen LogP contribution in [-0.4, -0.2) is 17.5 Å². The Hall–Kier alpha value is -3.17. The highest BCUT2D eigenvalue weighted by molar-refractivity contribution is 7.14. The molecule has 1 amide bonds. The van der Waals surface area contributed by atoms with Gasteiger partial charge in [0.05, 0.1) is 17.3 Å². The lowest BCUT2D eigenvalue weighted by molar-refractivity contribution is -0.118. The van der Waals surface area contributed by atoms with Crippen LogP contribution in [0.2, 0.25) is 0 Å². The van der Waals surface area contributed by atoms with Crippen molar-refractivity contribution in [1.82, 2.24) is 4.98 Å². The molecule has 5 nitrogen and oxygen atoms in total. The molecule has 0 unspecified atom stereocenters. The average molecular weight is 377 g/mol. The van der Waals surface area contributed by atoms with Crippen molar-refractivity contribution in [3.05, 3.63) is 64.0 Å². The molecule has 0 aliphatic heterocycles. The Kier molecular flexibility index (Phi) is 5.53. The van der Waals surface area contributed by atoms with Crippen LogP contribution in [0.4, 0.5) is 5.13 Å². The molecule has 3 aromatic rings. The van der Waals surface area contributed by atoms with Gasteiger partial charge >= 0.3 is 0 Å². The van der Waals surface area contributed by atoms with Gasteiger partial charge in [-0.1, -0.05) is 17.7 Å². The number of hydrogen-bond donors (Lipinski definition) is 1. The van der Waals surface area contributed by atoms with E-state index in [-0.39, 0.29) is 12.5 Å². The number of ether oxygens (including phenoxy) is 1. The summed E-state index contributed by atoms with van der Waals surface area (Å²) < 4.78 is 5.44. The zero-order valence-electron chi connectivity index (χ0n) is 15.4. The van der Waals surface area contributed by atoms with Crippen molar-refractivity contribution in [2.45, 2.75) is 20.8 Å². The van der Waals surface area contributed by atoms with Gasteiger partial charge in [-0.25, -0.2) is 4.98 Å². The van der Waals surface area contributed by atoms with Crippen LogP contribution in [-0.2, 0) is 4.79 Å². The summed E-state index contributed by atoms with van der Waals surface area (Å²) in [6, 6.07) is 12.9. The minimum atomic E-state index is -0.280. The van der Waals surface area contributed by atoms with E-state index >= 15 is 0 Å². The molecule has 1 aromatic heterocycles. The number of aromatic nitrogens is 1. The van der Waals surface area contributed by atoms with Crippen LogP contribution >= 0.6 is 11.3 Å². The summed E-state index contributed by atoms with van der Waals surface area (Å²) >= 11 is 1.39. The van der Waals surface area contributed by atoms with E-state index in [1.54, 1.807) is 24.3 Å². The molecule has 136 valence electrons. The zero-order valence-corrected chi connectivity index (χ0v) is 16.2. The first-order valence-corrected chi connectivity index (χ1v) is 9.31. The van der Waals surface area contributed by atoms with Crippen LogP contribution in [0.5, 0.6) is 5.75 Å². The molecule has 0 saturated heterocycles. The third-order valence-electron chi connectivity index (χ3n) is 4.04. The number of amides is 1. The van der Waals surface area contributed by atoms with E-state index in [1.807, 2.05) is 11.4 Å². The number of hydrogen-bond acceptors (Lipinski definition) is 5. The first-order valence-electron chi connectivity index (χ1n) is 8.43. The highest BCUT2D eigenvalue weighted by Gasteiger charge is 2.12. The Morgan fingerprint density at radius 3 is 2.48 bits per heavy atom. The summed E-state index contributed by atoms with van der Waals surface area (Å²) in [7, 11) is 0.